The molecule has 4 heteroatoms. The molecule has 0 bridgehead atoms. The first-order valence-electron chi connectivity index (χ1n) is 6.45. The maximum Gasteiger partial charge on any atom is 0.286 e. The Bertz CT molecular complexity index is 267. The van der Waals surface area contributed by atoms with Gasteiger partial charge in [-0.2, -0.15) is 0 Å². The van der Waals surface area contributed by atoms with Crippen molar-refractivity contribution in [3.05, 3.63) is 0 Å². The molecule has 4 nitrogen and oxygen atoms in total. The first-order chi connectivity index (χ1) is 7.86. The van der Waals surface area contributed by atoms with Gasteiger partial charge in [-0.15, -0.1) is 0 Å². The van der Waals surface area contributed by atoms with E-state index in [-0.39, 0.29) is 5.91 Å². The fraction of sp³-hybridized carbons (Fsp3) is 0.833. The Morgan fingerprint density at radius 1 is 1.19 bits per heavy atom. The van der Waals surface area contributed by atoms with Crippen LogP contribution in [0.4, 0.5) is 0 Å². The summed E-state index contributed by atoms with van der Waals surface area (Å²) in [5.74, 6) is 0.530. The van der Waals surface area contributed by atoms with Gasteiger partial charge in [0.05, 0.1) is 0 Å². The van der Waals surface area contributed by atoms with E-state index >= 15 is 0 Å². The molecule has 2 aliphatic rings. The zero-order valence-corrected chi connectivity index (χ0v) is 9.80. The molecule has 2 rings (SSSR count). The van der Waals surface area contributed by atoms with Crippen molar-refractivity contribution in [2.45, 2.75) is 51.0 Å². The summed E-state index contributed by atoms with van der Waals surface area (Å²) >= 11 is 0. The van der Waals surface area contributed by atoms with Gasteiger partial charge in [-0.05, 0) is 19.3 Å². The Hall–Kier alpha value is -1.06. The summed E-state index contributed by atoms with van der Waals surface area (Å²) < 4.78 is 0. The van der Waals surface area contributed by atoms with E-state index in [4.69, 9.17) is 0 Å². The monoisotopic (exact) mass is 223 g/mol. The number of aliphatic imine (C=N–C) groups is 1. The van der Waals surface area contributed by atoms with Crippen molar-refractivity contribution in [3.63, 3.8) is 0 Å². The van der Waals surface area contributed by atoms with E-state index < -0.39 is 0 Å². The van der Waals surface area contributed by atoms with E-state index in [0.717, 1.165) is 32.4 Å². The highest BCUT2D eigenvalue weighted by molar-refractivity contribution is 6.38. The molecule has 0 aromatic heterocycles. The van der Waals surface area contributed by atoms with E-state index in [1.54, 1.807) is 0 Å². The van der Waals surface area contributed by atoms with Gasteiger partial charge in [0.1, 0.15) is 0 Å². The Balaban J connectivity index is 1.83. The number of nitrogens with one attached hydrogen (secondary N) is 2. The minimum Gasteiger partial charge on any atom is -0.366 e. The molecule has 1 aliphatic carbocycles. The predicted molar refractivity (Wildman–Crippen MR) is 64.6 cm³/mol. The maximum atomic E-state index is 11.9. The molecule has 0 atom stereocenters. The van der Waals surface area contributed by atoms with E-state index in [9.17, 15) is 4.79 Å². The van der Waals surface area contributed by atoms with Gasteiger partial charge in [0, 0.05) is 19.1 Å². The largest absolute Gasteiger partial charge is 0.366 e. The lowest BCUT2D eigenvalue weighted by atomic mass is 10.1. The fourth-order valence-corrected chi connectivity index (χ4v) is 2.36. The van der Waals surface area contributed by atoms with Gasteiger partial charge in [0.25, 0.3) is 5.91 Å². The average molecular weight is 223 g/mol. The van der Waals surface area contributed by atoms with Gasteiger partial charge >= 0.3 is 0 Å². The quantitative estimate of drug-likeness (QED) is 0.692. The number of rotatable bonds is 2. The van der Waals surface area contributed by atoms with Gasteiger partial charge in [0.15, 0.2) is 5.84 Å². The molecule has 0 aromatic rings. The Kier molecular flexibility index (Phi) is 4.19. The van der Waals surface area contributed by atoms with Crippen LogP contribution in [0.3, 0.4) is 0 Å². The fourth-order valence-electron chi connectivity index (χ4n) is 2.36. The lowest BCUT2D eigenvalue weighted by Crippen LogP contribution is -2.46. The van der Waals surface area contributed by atoms with Gasteiger partial charge < -0.3 is 10.6 Å². The summed E-state index contributed by atoms with van der Waals surface area (Å²) in [6.07, 6.45) is 8.38. The van der Waals surface area contributed by atoms with Crippen LogP contribution in [0.15, 0.2) is 4.99 Å². The molecule has 0 aromatic carbocycles. The van der Waals surface area contributed by atoms with Crippen molar-refractivity contribution in [3.8, 4) is 0 Å². The second-order valence-corrected chi connectivity index (χ2v) is 4.67. The molecule has 0 radical (unpaired) electrons. The zero-order chi connectivity index (χ0) is 11.2. The number of carbonyl (C=O) groups is 1. The number of hydrogen-bond acceptors (Lipinski definition) is 3. The summed E-state index contributed by atoms with van der Waals surface area (Å²) in [4.78, 5) is 16.1. The summed E-state index contributed by atoms with van der Waals surface area (Å²) in [5, 5.41) is 6.16. The van der Waals surface area contributed by atoms with E-state index in [1.165, 1.54) is 25.7 Å². The molecule has 16 heavy (non-hydrogen) atoms. The zero-order valence-electron chi connectivity index (χ0n) is 9.80. The summed E-state index contributed by atoms with van der Waals surface area (Å²) in [6, 6.07) is 0.362. The Morgan fingerprint density at radius 2 is 1.94 bits per heavy atom. The molecule has 1 aliphatic heterocycles. The number of amides is 1. The standard InChI is InChI=1S/C12H21N3O/c16-12(11-13-8-5-9-14-11)15-10-6-3-1-2-4-7-10/h10H,1-9H2,(H,13,14)(H,15,16). The molecule has 1 heterocycles. The van der Waals surface area contributed by atoms with Crippen molar-refractivity contribution in [1.29, 1.82) is 0 Å². The van der Waals surface area contributed by atoms with E-state index in [1.807, 2.05) is 0 Å². The number of nitrogens with zero attached hydrogens (tertiary/aromatic N) is 1. The molecule has 0 saturated heterocycles. The second kappa shape index (κ2) is 5.87. The van der Waals surface area contributed by atoms with Crippen LogP contribution in [-0.4, -0.2) is 30.9 Å². The van der Waals surface area contributed by atoms with Gasteiger partial charge in [-0.3, -0.25) is 9.79 Å². The molecule has 2 N–H and O–H groups in total. The molecule has 1 fully saturated rings. The van der Waals surface area contributed by atoms with E-state index in [2.05, 4.69) is 15.6 Å². The Labute approximate surface area is 96.9 Å². The van der Waals surface area contributed by atoms with Crippen molar-refractivity contribution in [1.82, 2.24) is 10.6 Å². The van der Waals surface area contributed by atoms with Crippen molar-refractivity contribution < 1.29 is 4.79 Å². The van der Waals surface area contributed by atoms with Crippen molar-refractivity contribution >= 4 is 11.7 Å². The van der Waals surface area contributed by atoms with Crippen LogP contribution in [0.1, 0.15) is 44.9 Å². The average Bonchev–Trinajstić information content (AvgIpc) is 2.59. The van der Waals surface area contributed by atoms with E-state index in [0.29, 0.717) is 11.9 Å². The second-order valence-electron chi connectivity index (χ2n) is 4.67. The highest BCUT2D eigenvalue weighted by atomic mass is 16.2. The van der Waals surface area contributed by atoms with Crippen LogP contribution in [0.25, 0.3) is 0 Å². The third-order valence-corrected chi connectivity index (χ3v) is 3.30. The maximum absolute atomic E-state index is 11.9. The third kappa shape index (κ3) is 3.22. The normalized spacial score (nSPS) is 22.9. The van der Waals surface area contributed by atoms with Crippen molar-refractivity contribution in [2.75, 3.05) is 13.1 Å². The Morgan fingerprint density at radius 3 is 2.56 bits per heavy atom. The minimum atomic E-state index is -0.00778. The molecule has 0 unspecified atom stereocenters. The molecular weight excluding hydrogens is 202 g/mol. The summed E-state index contributed by atoms with van der Waals surface area (Å²) in [5.41, 5.74) is 0. The van der Waals surface area contributed by atoms with Crippen LogP contribution in [-0.2, 0) is 4.79 Å². The summed E-state index contributed by atoms with van der Waals surface area (Å²) in [6.45, 7) is 1.65. The third-order valence-electron chi connectivity index (χ3n) is 3.30. The van der Waals surface area contributed by atoms with Crippen LogP contribution >= 0.6 is 0 Å². The SMILES string of the molecule is O=C(NC1CCCCCC1)C1=NCCCN1. The van der Waals surface area contributed by atoms with Crippen LogP contribution < -0.4 is 10.6 Å². The molecule has 90 valence electrons. The number of amidine groups is 1. The van der Waals surface area contributed by atoms with Crippen LogP contribution in [0, 0.1) is 0 Å². The molecule has 1 saturated carbocycles. The topological polar surface area (TPSA) is 53.5 Å². The lowest BCUT2D eigenvalue weighted by molar-refractivity contribution is -0.115. The molecule has 1 amide bonds. The molecular formula is C12H21N3O. The highest BCUT2D eigenvalue weighted by Crippen LogP contribution is 2.17. The van der Waals surface area contributed by atoms with Crippen LogP contribution in [0.5, 0.6) is 0 Å². The minimum absolute atomic E-state index is 0.00778. The first-order valence-corrected chi connectivity index (χ1v) is 6.45. The summed E-state index contributed by atoms with van der Waals surface area (Å²) in [7, 11) is 0. The first kappa shape index (κ1) is 11.4. The lowest BCUT2D eigenvalue weighted by Gasteiger charge is -2.19. The van der Waals surface area contributed by atoms with Gasteiger partial charge in [-0.25, -0.2) is 0 Å². The van der Waals surface area contributed by atoms with Gasteiger partial charge in [-0.1, -0.05) is 25.7 Å². The van der Waals surface area contributed by atoms with Crippen LogP contribution in [0.2, 0.25) is 0 Å². The smallest absolute Gasteiger partial charge is 0.286 e. The van der Waals surface area contributed by atoms with Crippen molar-refractivity contribution in [2.24, 2.45) is 4.99 Å². The predicted octanol–water partition coefficient (Wildman–Crippen LogP) is 1.22. The number of carbonyl (C=O) groups excluding carboxylic acids is 1. The number of hydrogen-bond donors (Lipinski definition) is 2. The molecule has 0 spiro atoms. The van der Waals surface area contributed by atoms with Gasteiger partial charge in [0.2, 0.25) is 0 Å². The highest BCUT2D eigenvalue weighted by Gasteiger charge is 2.18.